The molecule has 0 spiro atoms. The number of benzene rings is 1. The van der Waals surface area contributed by atoms with Gasteiger partial charge in [0.2, 0.25) is 0 Å². The highest BCUT2D eigenvalue weighted by atomic mass is 35.5. The molecule has 0 atom stereocenters. The molecular formula is C17H16ClN3. The van der Waals surface area contributed by atoms with Gasteiger partial charge in [0, 0.05) is 22.5 Å². The van der Waals surface area contributed by atoms with Crippen molar-refractivity contribution in [3.8, 4) is 11.1 Å². The van der Waals surface area contributed by atoms with Gasteiger partial charge in [-0.1, -0.05) is 30.2 Å². The van der Waals surface area contributed by atoms with Crippen molar-refractivity contribution < 1.29 is 0 Å². The lowest BCUT2D eigenvalue weighted by molar-refractivity contribution is 0.702. The molecule has 0 aliphatic heterocycles. The first-order valence-electron chi connectivity index (χ1n) is 7.43. The molecule has 2 heterocycles. The Morgan fingerprint density at radius 1 is 0.952 bits per heavy atom. The van der Waals surface area contributed by atoms with E-state index in [1.807, 2.05) is 41.2 Å². The SMILES string of the molecule is Clc1ccc(-c2cnn3c4c(cnc23)CCCCC4)cc1. The Morgan fingerprint density at radius 2 is 1.76 bits per heavy atom. The molecule has 2 aromatic heterocycles. The monoisotopic (exact) mass is 297 g/mol. The van der Waals surface area contributed by atoms with Gasteiger partial charge in [0.05, 0.1) is 6.20 Å². The van der Waals surface area contributed by atoms with Crippen LogP contribution in [0, 0.1) is 0 Å². The van der Waals surface area contributed by atoms with Gasteiger partial charge in [-0.3, -0.25) is 0 Å². The van der Waals surface area contributed by atoms with E-state index >= 15 is 0 Å². The van der Waals surface area contributed by atoms with Gasteiger partial charge in [-0.15, -0.1) is 0 Å². The summed E-state index contributed by atoms with van der Waals surface area (Å²) in [6, 6.07) is 7.85. The number of fused-ring (bicyclic) bond motifs is 3. The maximum absolute atomic E-state index is 5.97. The standard InChI is InChI=1S/C17H16ClN3/c18-14-8-6-12(7-9-14)15-11-20-21-16-5-3-1-2-4-13(16)10-19-17(15)21/h6-11H,1-5H2. The van der Waals surface area contributed by atoms with Gasteiger partial charge in [-0.05, 0) is 48.9 Å². The summed E-state index contributed by atoms with van der Waals surface area (Å²) in [6.45, 7) is 0. The molecule has 3 aromatic rings. The first kappa shape index (κ1) is 12.8. The van der Waals surface area contributed by atoms with E-state index in [4.69, 9.17) is 11.6 Å². The highest BCUT2D eigenvalue weighted by Gasteiger charge is 2.16. The van der Waals surface area contributed by atoms with E-state index in [0.29, 0.717) is 0 Å². The van der Waals surface area contributed by atoms with Crippen molar-refractivity contribution in [2.45, 2.75) is 32.1 Å². The quantitative estimate of drug-likeness (QED) is 0.626. The van der Waals surface area contributed by atoms with Crippen LogP contribution in [-0.2, 0) is 12.8 Å². The van der Waals surface area contributed by atoms with Gasteiger partial charge < -0.3 is 0 Å². The van der Waals surface area contributed by atoms with Gasteiger partial charge in [0.1, 0.15) is 0 Å². The molecule has 4 heteroatoms. The molecule has 0 bridgehead atoms. The Balaban J connectivity index is 1.89. The number of aromatic nitrogens is 3. The number of rotatable bonds is 1. The predicted molar refractivity (Wildman–Crippen MR) is 84.7 cm³/mol. The van der Waals surface area contributed by atoms with Crippen LogP contribution in [0.5, 0.6) is 0 Å². The van der Waals surface area contributed by atoms with Crippen LogP contribution < -0.4 is 0 Å². The Kier molecular flexibility index (Phi) is 3.15. The Morgan fingerprint density at radius 3 is 2.62 bits per heavy atom. The molecule has 3 nitrogen and oxygen atoms in total. The van der Waals surface area contributed by atoms with E-state index in [2.05, 4.69) is 10.1 Å². The van der Waals surface area contributed by atoms with Crippen LogP contribution in [0.25, 0.3) is 16.8 Å². The van der Waals surface area contributed by atoms with Crippen LogP contribution in [0.3, 0.4) is 0 Å². The summed E-state index contributed by atoms with van der Waals surface area (Å²) >= 11 is 5.97. The number of halogens is 1. The molecule has 1 aliphatic rings. The molecule has 1 aromatic carbocycles. The average molecular weight is 298 g/mol. The molecular weight excluding hydrogens is 282 g/mol. The first-order chi connectivity index (χ1) is 10.3. The molecule has 1 aliphatic carbocycles. The molecule has 0 amide bonds. The smallest absolute Gasteiger partial charge is 0.163 e. The van der Waals surface area contributed by atoms with Crippen LogP contribution in [0.2, 0.25) is 5.02 Å². The second kappa shape index (κ2) is 5.15. The average Bonchev–Trinajstić information content (AvgIpc) is 2.78. The van der Waals surface area contributed by atoms with Gasteiger partial charge in [-0.2, -0.15) is 5.10 Å². The fourth-order valence-corrected chi connectivity index (χ4v) is 3.23. The first-order valence-corrected chi connectivity index (χ1v) is 7.81. The number of aryl methyl sites for hydroxylation is 2. The van der Waals surface area contributed by atoms with Crippen LogP contribution in [0.1, 0.15) is 30.5 Å². The topological polar surface area (TPSA) is 30.2 Å². The highest BCUT2D eigenvalue weighted by Crippen LogP contribution is 2.27. The van der Waals surface area contributed by atoms with E-state index in [1.54, 1.807) is 0 Å². The summed E-state index contributed by atoms with van der Waals surface area (Å²) in [7, 11) is 0. The van der Waals surface area contributed by atoms with E-state index in [1.165, 1.54) is 30.5 Å². The van der Waals surface area contributed by atoms with Crippen LogP contribution in [-0.4, -0.2) is 14.6 Å². The second-order valence-corrected chi connectivity index (χ2v) is 6.03. The minimum absolute atomic E-state index is 0.747. The zero-order chi connectivity index (χ0) is 14.2. The summed E-state index contributed by atoms with van der Waals surface area (Å²) in [5.74, 6) is 0. The van der Waals surface area contributed by atoms with Gasteiger partial charge in [-0.25, -0.2) is 9.50 Å². The molecule has 0 unspecified atom stereocenters. The van der Waals surface area contributed by atoms with Gasteiger partial charge >= 0.3 is 0 Å². The lowest BCUT2D eigenvalue weighted by Gasteiger charge is -2.08. The Bertz CT molecular complexity index is 790. The van der Waals surface area contributed by atoms with Gasteiger partial charge in [0.25, 0.3) is 0 Å². The third kappa shape index (κ3) is 2.22. The summed E-state index contributed by atoms with van der Waals surface area (Å²) in [5, 5.41) is 5.34. The van der Waals surface area contributed by atoms with E-state index in [0.717, 1.165) is 34.6 Å². The molecule has 21 heavy (non-hydrogen) atoms. The van der Waals surface area contributed by atoms with Crippen molar-refractivity contribution in [1.82, 2.24) is 14.6 Å². The molecule has 106 valence electrons. The lowest BCUT2D eigenvalue weighted by Crippen LogP contribution is -2.04. The summed E-state index contributed by atoms with van der Waals surface area (Å²) < 4.78 is 2.03. The lowest BCUT2D eigenvalue weighted by atomic mass is 10.1. The predicted octanol–water partition coefficient (Wildman–Crippen LogP) is 4.32. The van der Waals surface area contributed by atoms with Crippen LogP contribution in [0.4, 0.5) is 0 Å². The third-order valence-electron chi connectivity index (χ3n) is 4.23. The third-order valence-corrected chi connectivity index (χ3v) is 4.48. The zero-order valence-electron chi connectivity index (χ0n) is 11.7. The fraction of sp³-hybridized carbons (Fsp3) is 0.294. The highest BCUT2D eigenvalue weighted by molar-refractivity contribution is 6.30. The minimum atomic E-state index is 0.747. The molecule has 0 N–H and O–H groups in total. The van der Waals surface area contributed by atoms with Crippen molar-refractivity contribution in [2.24, 2.45) is 0 Å². The van der Waals surface area contributed by atoms with Crippen molar-refractivity contribution >= 4 is 17.2 Å². The second-order valence-electron chi connectivity index (χ2n) is 5.59. The maximum atomic E-state index is 5.97. The van der Waals surface area contributed by atoms with Crippen molar-refractivity contribution in [3.05, 3.63) is 52.9 Å². The van der Waals surface area contributed by atoms with E-state index in [-0.39, 0.29) is 0 Å². The van der Waals surface area contributed by atoms with Crippen molar-refractivity contribution in [1.29, 1.82) is 0 Å². The summed E-state index contributed by atoms with van der Waals surface area (Å²) in [6.07, 6.45) is 9.95. The number of hydrogen-bond donors (Lipinski definition) is 0. The zero-order valence-corrected chi connectivity index (χ0v) is 12.5. The Hall–Kier alpha value is -1.87. The van der Waals surface area contributed by atoms with E-state index < -0.39 is 0 Å². The summed E-state index contributed by atoms with van der Waals surface area (Å²) in [5.41, 5.74) is 5.80. The molecule has 0 radical (unpaired) electrons. The molecule has 0 saturated heterocycles. The van der Waals surface area contributed by atoms with Gasteiger partial charge in [0.15, 0.2) is 5.65 Å². The number of hydrogen-bond acceptors (Lipinski definition) is 2. The van der Waals surface area contributed by atoms with E-state index in [9.17, 15) is 0 Å². The largest absolute Gasteiger partial charge is 0.236 e. The fourth-order valence-electron chi connectivity index (χ4n) is 3.11. The van der Waals surface area contributed by atoms with Crippen LogP contribution >= 0.6 is 11.6 Å². The van der Waals surface area contributed by atoms with Crippen molar-refractivity contribution in [2.75, 3.05) is 0 Å². The molecule has 0 fully saturated rings. The molecule has 0 saturated carbocycles. The van der Waals surface area contributed by atoms with Crippen LogP contribution in [0.15, 0.2) is 36.7 Å². The number of nitrogens with zero attached hydrogens (tertiary/aromatic N) is 3. The molecule has 4 rings (SSSR count). The normalized spacial score (nSPS) is 14.9. The van der Waals surface area contributed by atoms with Crippen molar-refractivity contribution in [3.63, 3.8) is 0 Å². The Labute approximate surface area is 128 Å². The maximum Gasteiger partial charge on any atom is 0.163 e. The minimum Gasteiger partial charge on any atom is -0.236 e. The summed E-state index contributed by atoms with van der Waals surface area (Å²) in [4.78, 5) is 4.66.